The van der Waals surface area contributed by atoms with Crippen LogP contribution >= 0.6 is 11.3 Å². The number of benzene rings is 2. The van der Waals surface area contributed by atoms with Gasteiger partial charge in [0, 0.05) is 47.4 Å². The minimum absolute atomic E-state index is 0.140. The van der Waals surface area contributed by atoms with Crippen molar-refractivity contribution in [3.05, 3.63) is 82.4 Å². The monoisotopic (exact) mass is 554 g/mol. The summed E-state index contributed by atoms with van der Waals surface area (Å²) < 4.78 is 0.664. The van der Waals surface area contributed by atoms with Crippen LogP contribution in [0.1, 0.15) is 58.6 Å². The minimum Gasteiger partial charge on any atom is -0.398 e. The van der Waals surface area contributed by atoms with E-state index in [4.69, 9.17) is 17.2 Å². The van der Waals surface area contributed by atoms with Crippen molar-refractivity contribution >= 4 is 44.7 Å². The number of anilines is 1. The van der Waals surface area contributed by atoms with Gasteiger partial charge in [0.2, 0.25) is 5.91 Å². The smallest absolute Gasteiger partial charge is 0.262 e. The topological polar surface area (TPSA) is 166 Å². The number of hydrogen-bond acceptors (Lipinski definition) is 8. The van der Waals surface area contributed by atoms with Crippen molar-refractivity contribution in [2.75, 3.05) is 5.73 Å². The first-order valence-electron chi connectivity index (χ1n) is 13.2. The van der Waals surface area contributed by atoms with Gasteiger partial charge in [0.05, 0.1) is 21.3 Å². The highest BCUT2D eigenvalue weighted by atomic mass is 32.1. The highest BCUT2D eigenvalue weighted by molar-refractivity contribution is 7.21. The fourth-order valence-electron chi connectivity index (χ4n) is 6.09. The molecule has 0 spiro atoms. The number of thiophene rings is 1. The molecule has 9 nitrogen and oxygen atoms in total. The Morgan fingerprint density at radius 3 is 2.50 bits per heavy atom. The molecule has 1 fully saturated rings. The summed E-state index contributed by atoms with van der Waals surface area (Å²) in [6.07, 6.45) is 4.05. The van der Waals surface area contributed by atoms with Crippen molar-refractivity contribution < 1.29 is 14.4 Å². The SMILES string of the molecule is CC(=O)N[C@H]1CCC[C@H]1NC(=O)c1sc2c(N)ccc3c2c1C(N)C(=O)C3(N)c1ccnc(-c2ccccc2)c1. The van der Waals surface area contributed by atoms with Crippen LogP contribution in [-0.2, 0) is 15.1 Å². The van der Waals surface area contributed by atoms with E-state index < -0.39 is 17.4 Å². The normalized spacial score (nSPS) is 23.8. The van der Waals surface area contributed by atoms with Gasteiger partial charge in [0.25, 0.3) is 5.91 Å². The van der Waals surface area contributed by atoms with Crippen molar-refractivity contribution in [1.29, 1.82) is 0 Å². The Morgan fingerprint density at radius 1 is 1.05 bits per heavy atom. The van der Waals surface area contributed by atoms with E-state index in [-0.39, 0.29) is 23.9 Å². The van der Waals surface area contributed by atoms with E-state index in [9.17, 15) is 14.4 Å². The fourth-order valence-corrected chi connectivity index (χ4v) is 7.29. The highest BCUT2D eigenvalue weighted by Gasteiger charge is 2.49. The van der Waals surface area contributed by atoms with Crippen LogP contribution < -0.4 is 27.8 Å². The zero-order valence-electron chi connectivity index (χ0n) is 21.9. The number of nitrogens with zero attached hydrogens (tertiary/aromatic N) is 1. The van der Waals surface area contributed by atoms with Gasteiger partial charge in [-0.1, -0.05) is 36.4 Å². The molecule has 2 heterocycles. The van der Waals surface area contributed by atoms with Gasteiger partial charge in [-0.2, -0.15) is 0 Å². The van der Waals surface area contributed by atoms with Crippen molar-refractivity contribution in [3.8, 4) is 11.3 Å². The first-order chi connectivity index (χ1) is 19.2. The van der Waals surface area contributed by atoms with Crippen LogP contribution in [-0.4, -0.2) is 34.7 Å². The lowest BCUT2D eigenvalue weighted by Crippen LogP contribution is -2.53. The Labute approximate surface area is 235 Å². The summed E-state index contributed by atoms with van der Waals surface area (Å²) in [4.78, 5) is 44.2. The predicted molar refractivity (Wildman–Crippen MR) is 156 cm³/mol. The number of carbonyl (C=O) groups is 3. The first-order valence-corrected chi connectivity index (χ1v) is 14.1. The van der Waals surface area contributed by atoms with E-state index in [0.29, 0.717) is 43.0 Å². The molecule has 2 amide bonds. The van der Waals surface area contributed by atoms with Crippen molar-refractivity contribution in [2.24, 2.45) is 11.5 Å². The van der Waals surface area contributed by atoms with Crippen molar-refractivity contribution in [3.63, 3.8) is 0 Å². The van der Waals surface area contributed by atoms with E-state index in [2.05, 4.69) is 15.6 Å². The molecule has 6 rings (SSSR count). The Bertz CT molecular complexity index is 1670. The molecule has 2 aromatic carbocycles. The van der Waals surface area contributed by atoms with E-state index >= 15 is 0 Å². The molecule has 2 unspecified atom stereocenters. The molecule has 4 aromatic rings. The second-order valence-corrected chi connectivity index (χ2v) is 11.5. The lowest BCUT2D eigenvalue weighted by atomic mass is 9.70. The molecular formula is C30H30N6O3S. The van der Waals surface area contributed by atoms with Gasteiger partial charge in [0.15, 0.2) is 5.78 Å². The fraction of sp³-hybridized carbons (Fsp3) is 0.267. The number of amides is 2. The predicted octanol–water partition coefficient (Wildman–Crippen LogP) is 3.12. The van der Waals surface area contributed by atoms with Crippen LogP contribution in [0.2, 0.25) is 0 Å². The van der Waals surface area contributed by atoms with Gasteiger partial charge in [0.1, 0.15) is 5.54 Å². The molecule has 40 heavy (non-hydrogen) atoms. The number of aromatic nitrogens is 1. The number of hydrogen-bond donors (Lipinski definition) is 5. The van der Waals surface area contributed by atoms with Gasteiger partial charge in [-0.25, -0.2) is 0 Å². The van der Waals surface area contributed by atoms with Gasteiger partial charge in [-0.05, 0) is 48.6 Å². The molecule has 0 bridgehead atoms. The van der Waals surface area contributed by atoms with E-state index in [1.54, 1.807) is 24.4 Å². The van der Waals surface area contributed by atoms with Crippen molar-refractivity contribution in [2.45, 2.75) is 49.9 Å². The second-order valence-electron chi connectivity index (χ2n) is 10.5. The zero-order valence-corrected chi connectivity index (χ0v) is 22.8. The third-order valence-electron chi connectivity index (χ3n) is 8.03. The average Bonchev–Trinajstić information content (AvgIpc) is 3.57. The van der Waals surface area contributed by atoms with Crippen LogP contribution in [0.4, 0.5) is 5.69 Å². The number of pyridine rings is 1. The van der Waals surface area contributed by atoms with Crippen LogP contribution in [0.5, 0.6) is 0 Å². The number of nitrogens with two attached hydrogens (primary N) is 3. The summed E-state index contributed by atoms with van der Waals surface area (Å²) in [6, 6.07) is 15.1. The van der Waals surface area contributed by atoms with Crippen LogP contribution in [0.15, 0.2) is 60.8 Å². The van der Waals surface area contributed by atoms with Gasteiger partial charge in [-0.15, -0.1) is 11.3 Å². The minimum atomic E-state index is -1.57. The largest absolute Gasteiger partial charge is 0.398 e. The molecule has 1 saturated carbocycles. The molecule has 204 valence electrons. The standard InChI is InChI=1S/C30H30N6O3S/c1-15(37)35-20-8-5-9-21(20)36-29(39)27-24-23-18(10-11-19(31)26(23)40-27)30(33,28(38)25(24)32)17-12-13-34-22(14-17)16-6-3-2-4-7-16/h2-4,6-7,10-14,20-21,25H,5,8-9,31-33H2,1H3,(H,35,37)(H,36,39)/t20-,21+,25?,30?/m0/s1. The second kappa shape index (κ2) is 9.81. The van der Waals surface area contributed by atoms with Crippen LogP contribution in [0.3, 0.4) is 0 Å². The Hall–Kier alpha value is -4.12. The Kier molecular flexibility index (Phi) is 6.41. The maximum atomic E-state index is 14.1. The van der Waals surface area contributed by atoms with Crippen molar-refractivity contribution in [1.82, 2.24) is 15.6 Å². The Morgan fingerprint density at radius 2 is 1.77 bits per heavy atom. The summed E-state index contributed by atoms with van der Waals surface area (Å²) in [7, 11) is 0. The molecule has 4 atom stereocenters. The quantitative estimate of drug-likeness (QED) is 0.236. The summed E-state index contributed by atoms with van der Waals surface area (Å²) >= 11 is 1.21. The lowest BCUT2D eigenvalue weighted by Gasteiger charge is -2.36. The molecule has 0 saturated heterocycles. The first kappa shape index (κ1) is 26.1. The molecule has 2 aromatic heterocycles. The summed E-state index contributed by atoms with van der Waals surface area (Å²) in [5.41, 5.74) is 22.1. The molecule has 10 heteroatoms. The van der Waals surface area contributed by atoms with E-state index in [1.165, 1.54) is 18.3 Å². The summed E-state index contributed by atoms with van der Waals surface area (Å²) in [6.45, 7) is 1.47. The Balaban J connectivity index is 1.46. The van der Waals surface area contributed by atoms with E-state index in [1.807, 2.05) is 36.4 Å². The lowest BCUT2D eigenvalue weighted by molar-refractivity contribution is -0.124. The molecule has 8 N–H and O–H groups in total. The molecule has 0 radical (unpaired) electrons. The number of nitrogens with one attached hydrogen (secondary N) is 2. The number of rotatable bonds is 5. The molecule has 2 aliphatic rings. The van der Waals surface area contributed by atoms with Crippen LogP contribution in [0, 0.1) is 0 Å². The summed E-state index contributed by atoms with van der Waals surface area (Å²) in [5, 5.41) is 6.64. The number of carbonyl (C=O) groups excluding carboxylic acids is 3. The average molecular weight is 555 g/mol. The van der Waals surface area contributed by atoms with E-state index in [0.717, 1.165) is 24.8 Å². The third-order valence-corrected chi connectivity index (χ3v) is 9.28. The van der Waals surface area contributed by atoms with Gasteiger partial charge < -0.3 is 27.8 Å². The highest BCUT2D eigenvalue weighted by Crippen LogP contribution is 2.49. The van der Waals surface area contributed by atoms with Crippen LogP contribution in [0.25, 0.3) is 21.3 Å². The molecular weight excluding hydrogens is 524 g/mol. The number of Topliss-reactive ketones (excluding diaryl/α,β-unsaturated/α-hetero) is 1. The number of nitrogen functional groups attached to an aromatic ring is 1. The van der Waals surface area contributed by atoms with Gasteiger partial charge in [-0.3, -0.25) is 19.4 Å². The maximum absolute atomic E-state index is 14.1. The van der Waals surface area contributed by atoms with Gasteiger partial charge >= 0.3 is 0 Å². The summed E-state index contributed by atoms with van der Waals surface area (Å²) in [5.74, 6) is -0.897. The molecule has 2 aliphatic carbocycles. The molecule has 0 aliphatic heterocycles. The third kappa shape index (κ3) is 4.07. The zero-order chi connectivity index (χ0) is 28.2. The number of ketones is 1. The maximum Gasteiger partial charge on any atom is 0.262 e.